The number of carbonyl (C=O) groups excluding carboxylic acids is 2. The molecule has 108 valence electrons. The molecule has 2 atom stereocenters. The molecule has 0 saturated carbocycles. The van der Waals surface area contributed by atoms with Gasteiger partial charge in [0.1, 0.15) is 5.78 Å². The van der Waals surface area contributed by atoms with Crippen LogP contribution in [0.25, 0.3) is 0 Å². The number of carbonyl (C=O) groups is 2. The molecule has 1 unspecified atom stereocenters. The molecule has 0 spiro atoms. The fourth-order valence-electron chi connectivity index (χ4n) is 3.41. The fraction of sp³-hybridized carbons (Fsp3) is 0.867. The Balaban J connectivity index is 1.86. The Morgan fingerprint density at radius 1 is 1.21 bits per heavy atom. The smallest absolute Gasteiger partial charge is 0.224 e. The van der Waals surface area contributed by atoms with Crippen molar-refractivity contribution in [2.24, 2.45) is 5.92 Å². The highest BCUT2D eigenvalue weighted by atomic mass is 16.2. The molecule has 2 aliphatic heterocycles. The molecule has 0 bridgehead atoms. The molecule has 19 heavy (non-hydrogen) atoms. The van der Waals surface area contributed by atoms with Crippen LogP contribution in [0.1, 0.15) is 46.5 Å². The number of Topliss-reactive ketones (excluding diaryl/α,β-unsaturated/α-hetero) is 1. The van der Waals surface area contributed by atoms with E-state index in [-0.39, 0.29) is 17.6 Å². The van der Waals surface area contributed by atoms with Crippen LogP contribution in [0.15, 0.2) is 0 Å². The highest BCUT2D eigenvalue weighted by Gasteiger charge is 2.33. The van der Waals surface area contributed by atoms with Crippen LogP contribution in [0.4, 0.5) is 0 Å². The molecule has 0 aromatic heterocycles. The third kappa shape index (κ3) is 3.35. The Bertz CT molecular complexity index is 354. The van der Waals surface area contributed by atoms with E-state index in [2.05, 4.69) is 18.7 Å². The first-order chi connectivity index (χ1) is 8.99. The summed E-state index contributed by atoms with van der Waals surface area (Å²) in [5.74, 6) is 0.537. The summed E-state index contributed by atoms with van der Waals surface area (Å²) in [5, 5.41) is 0. The maximum atomic E-state index is 12.3. The van der Waals surface area contributed by atoms with E-state index >= 15 is 0 Å². The third-order valence-electron chi connectivity index (χ3n) is 4.61. The van der Waals surface area contributed by atoms with Gasteiger partial charge in [-0.05, 0) is 46.6 Å². The van der Waals surface area contributed by atoms with Gasteiger partial charge in [-0.2, -0.15) is 0 Å². The number of hydrogen-bond acceptors (Lipinski definition) is 3. The molecule has 0 radical (unpaired) electrons. The zero-order chi connectivity index (χ0) is 14.0. The van der Waals surface area contributed by atoms with Gasteiger partial charge in [0.05, 0.1) is 0 Å². The maximum absolute atomic E-state index is 12.3. The van der Waals surface area contributed by atoms with Crippen molar-refractivity contribution >= 4 is 11.7 Å². The van der Waals surface area contributed by atoms with Crippen LogP contribution in [-0.4, -0.2) is 53.2 Å². The van der Waals surface area contributed by atoms with Crippen LogP contribution >= 0.6 is 0 Å². The van der Waals surface area contributed by atoms with Crippen molar-refractivity contribution < 1.29 is 9.59 Å². The molecular weight excluding hydrogens is 240 g/mol. The Morgan fingerprint density at radius 2 is 1.95 bits per heavy atom. The topological polar surface area (TPSA) is 40.6 Å². The first-order valence-electron chi connectivity index (χ1n) is 7.53. The Labute approximate surface area is 116 Å². The SMILES string of the molecule is CC(=O)C1CCN(C(=O)C[C@@H]2CCCN2C(C)C)C1. The van der Waals surface area contributed by atoms with E-state index in [1.54, 1.807) is 6.92 Å². The van der Waals surface area contributed by atoms with Crippen LogP contribution in [0.2, 0.25) is 0 Å². The van der Waals surface area contributed by atoms with Crippen molar-refractivity contribution in [3.63, 3.8) is 0 Å². The van der Waals surface area contributed by atoms with Gasteiger partial charge in [-0.1, -0.05) is 0 Å². The second kappa shape index (κ2) is 6.04. The minimum atomic E-state index is 0.0775. The Kier molecular flexibility index (Phi) is 4.61. The van der Waals surface area contributed by atoms with Gasteiger partial charge in [0.2, 0.25) is 5.91 Å². The number of rotatable bonds is 4. The molecule has 0 aromatic carbocycles. The summed E-state index contributed by atoms with van der Waals surface area (Å²) in [7, 11) is 0. The number of amides is 1. The average molecular weight is 266 g/mol. The van der Waals surface area contributed by atoms with Gasteiger partial charge in [0.25, 0.3) is 0 Å². The molecule has 0 aromatic rings. The van der Waals surface area contributed by atoms with Gasteiger partial charge in [-0.3, -0.25) is 14.5 Å². The summed E-state index contributed by atoms with van der Waals surface area (Å²) in [5.41, 5.74) is 0. The van der Waals surface area contributed by atoms with Crippen LogP contribution in [0.3, 0.4) is 0 Å². The van der Waals surface area contributed by atoms with Gasteiger partial charge in [0.15, 0.2) is 0 Å². The predicted octanol–water partition coefficient (Wildman–Crippen LogP) is 1.69. The largest absolute Gasteiger partial charge is 0.342 e. The van der Waals surface area contributed by atoms with Crippen molar-refractivity contribution in [1.29, 1.82) is 0 Å². The van der Waals surface area contributed by atoms with Gasteiger partial charge in [-0.25, -0.2) is 0 Å². The van der Waals surface area contributed by atoms with Gasteiger partial charge in [-0.15, -0.1) is 0 Å². The van der Waals surface area contributed by atoms with E-state index in [1.165, 1.54) is 6.42 Å². The molecular formula is C15H26N2O2. The van der Waals surface area contributed by atoms with E-state index in [1.807, 2.05) is 4.90 Å². The third-order valence-corrected chi connectivity index (χ3v) is 4.61. The lowest BCUT2D eigenvalue weighted by Gasteiger charge is -2.29. The highest BCUT2D eigenvalue weighted by molar-refractivity contribution is 5.82. The molecule has 0 aliphatic carbocycles. The predicted molar refractivity (Wildman–Crippen MR) is 74.8 cm³/mol. The molecule has 1 amide bonds. The lowest BCUT2D eigenvalue weighted by atomic mass is 10.1. The molecule has 0 N–H and O–H groups in total. The van der Waals surface area contributed by atoms with Crippen molar-refractivity contribution in [2.75, 3.05) is 19.6 Å². The van der Waals surface area contributed by atoms with Crippen LogP contribution in [0, 0.1) is 5.92 Å². The molecule has 2 rings (SSSR count). The summed E-state index contributed by atoms with van der Waals surface area (Å²) >= 11 is 0. The minimum absolute atomic E-state index is 0.0775. The molecule has 2 fully saturated rings. The van der Waals surface area contributed by atoms with E-state index in [0.717, 1.165) is 25.9 Å². The quantitative estimate of drug-likeness (QED) is 0.777. The zero-order valence-corrected chi connectivity index (χ0v) is 12.4. The fourth-order valence-corrected chi connectivity index (χ4v) is 3.41. The maximum Gasteiger partial charge on any atom is 0.224 e. The summed E-state index contributed by atoms with van der Waals surface area (Å²) in [6.45, 7) is 8.55. The van der Waals surface area contributed by atoms with Crippen molar-refractivity contribution in [3.05, 3.63) is 0 Å². The molecule has 2 saturated heterocycles. The van der Waals surface area contributed by atoms with E-state index in [4.69, 9.17) is 0 Å². The monoisotopic (exact) mass is 266 g/mol. The van der Waals surface area contributed by atoms with E-state index in [9.17, 15) is 9.59 Å². The summed E-state index contributed by atoms with van der Waals surface area (Å²) in [6.07, 6.45) is 3.81. The molecule has 2 aliphatic rings. The standard InChI is InChI=1S/C15H26N2O2/c1-11(2)17-7-4-5-14(17)9-15(19)16-8-6-13(10-16)12(3)18/h11,13-14H,4-10H2,1-3H3/t13?,14-/m0/s1. The van der Waals surface area contributed by atoms with Crippen LogP contribution < -0.4 is 0 Å². The van der Waals surface area contributed by atoms with E-state index < -0.39 is 0 Å². The van der Waals surface area contributed by atoms with Gasteiger partial charge >= 0.3 is 0 Å². The number of likely N-dealkylation sites (tertiary alicyclic amines) is 2. The van der Waals surface area contributed by atoms with Crippen molar-refractivity contribution in [1.82, 2.24) is 9.80 Å². The first-order valence-corrected chi connectivity index (χ1v) is 7.53. The normalized spacial score (nSPS) is 28.3. The minimum Gasteiger partial charge on any atom is -0.342 e. The molecule has 4 heteroatoms. The number of ketones is 1. The van der Waals surface area contributed by atoms with Crippen molar-refractivity contribution in [2.45, 2.75) is 58.5 Å². The summed E-state index contributed by atoms with van der Waals surface area (Å²) < 4.78 is 0. The lowest BCUT2D eigenvalue weighted by molar-refractivity contribution is -0.131. The Hall–Kier alpha value is -0.900. The zero-order valence-electron chi connectivity index (χ0n) is 12.4. The average Bonchev–Trinajstić information content (AvgIpc) is 2.96. The number of hydrogen-bond donors (Lipinski definition) is 0. The number of nitrogens with zero attached hydrogens (tertiary/aromatic N) is 2. The first kappa shape index (κ1) is 14.5. The van der Waals surface area contributed by atoms with Gasteiger partial charge < -0.3 is 4.90 Å². The highest BCUT2D eigenvalue weighted by Crippen LogP contribution is 2.25. The van der Waals surface area contributed by atoms with Crippen LogP contribution in [0.5, 0.6) is 0 Å². The van der Waals surface area contributed by atoms with Gasteiger partial charge in [0, 0.05) is 37.5 Å². The van der Waals surface area contributed by atoms with Crippen LogP contribution in [-0.2, 0) is 9.59 Å². The summed E-state index contributed by atoms with van der Waals surface area (Å²) in [4.78, 5) is 28.0. The van der Waals surface area contributed by atoms with Crippen molar-refractivity contribution in [3.8, 4) is 0 Å². The molecule has 2 heterocycles. The Morgan fingerprint density at radius 3 is 2.53 bits per heavy atom. The summed E-state index contributed by atoms with van der Waals surface area (Å²) in [6, 6.07) is 0.924. The second-order valence-corrected chi connectivity index (χ2v) is 6.27. The second-order valence-electron chi connectivity index (χ2n) is 6.27. The molecule has 4 nitrogen and oxygen atoms in total. The lowest BCUT2D eigenvalue weighted by Crippen LogP contribution is -2.40. The van der Waals surface area contributed by atoms with E-state index in [0.29, 0.717) is 25.0 Å².